The number of carbonyl (C=O) groups is 4. The first-order valence-electron chi connectivity index (χ1n) is 12.3. The van der Waals surface area contributed by atoms with Crippen LogP contribution in [0.4, 0.5) is 0 Å². The number of carboxylic acid groups (broad SMARTS) is 2. The summed E-state index contributed by atoms with van der Waals surface area (Å²) in [5.41, 5.74) is 0.844. The Balaban J connectivity index is 2.86. The lowest BCUT2D eigenvalue weighted by Gasteiger charge is -2.27. The number of hydrogen-bond donors (Lipinski definition) is 7. The largest absolute Gasteiger partial charge is 0.481 e. The van der Waals surface area contributed by atoms with Crippen molar-refractivity contribution >= 4 is 64.2 Å². The summed E-state index contributed by atoms with van der Waals surface area (Å²) in [4.78, 5) is 48.6. The van der Waals surface area contributed by atoms with Crippen molar-refractivity contribution in [2.75, 3.05) is 6.54 Å². The summed E-state index contributed by atoms with van der Waals surface area (Å²) >= 11 is 17.2. The third-order valence-corrected chi connectivity index (χ3v) is 7.01. The van der Waals surface area contributed by atoms with Crippen molar-refractivity contribution in [1.29, 1.82) is 0 Å². The van der Waals surface area contributed by atoms with E-state index in [1.165, 1.54) is 13.8 Å². The zero-order valence-electron chi connectivity index (χ0n) is 22.2. The van der Waals surface area contributed by atoms with E-state index in [0.29, 0.717) is 23.0 Å². The zero-order valence-corrected chi connectivity index (χ0v) is 24.5. The van der Waals surface area contributed by atoms with Gasteiger partial charge in [-0.2, -0.15) is 0 Å². The van der Waals surface area contributed by atoms with Crippen LogP contribution in [-0.4, -0.2) is 80.9 Å². The Kier molecular flexibility index (Phi) is 14.7. The van der Waals surface area contributed by atoms with Gasteiger partial charge in [0.05, 0.1) is 33.2 Å². The molecule has 5 atom stereocenters. The first-order valence-corrected chi connectivity index (χ1v) is 13.5. The van der Waals surface area contributed by atoms with Crippen LogP contribution in [0, 0.1) is 5.92 Å². The molecule has 0 unspecified atom stereocenters. The molecule has 0 spiro atoms. The van der Waals surface area contributed by atoms with Gasteiger partial charge in [0.25, 0.3) is 0 Å². The third-order valence-electron chi connectivity index (χ3n) is 5.80. The van der Waals surface area contributed by atoms with Crippen molar-refractivity contribution in [2.24, 2.45) is 5.92 Å². The van der Waals surface area contributed by atoms with Gasteiger partial charge in [-0.3, -0.25) is 14.4 Å². The summed E-state index contributed by atoms with van der Waals surface area (Å²) in [5.74, 6) is -3.90. The van der Waals surface area contributed by atoms with Crippen LogP contribution >= 0.6 is 35.4 Å². The molecule has 11 nitrogen and oxygen atoms in total. The van der Waals surface area contributed by atoms with E-state index in [2.05, 4.69) is 21.3 Å². The Hall–Kier alpha value is -2.51. The number of thiocarbonyl (C=S) groups is 1. The van der Waals surface area contributed by atoms with E-state index < -0.39 is 54.0 Å². The maximum absolute atomic E-state index is 13.0. The highest BCUT2D eigenvalue weighted by Crippen LogP contribution is 2.22. The monoisotopic (exact) mass is 606 g/mol. The van der Waals surface area contributed by atoms with Gasteiger partial charge in [0.15, 0.2) is 0 Å². The minimum absolute atomic E-state index is 0.0626. The number of carboxylic acids is 2. The summed E-state index contributed by atoms with van der Waals surface area (Å²) in [7, 11) is 0. The van der Waals surface area contributed by atoms with Gasteiger partial charge in [-0.15, -0.1) is 0 Å². The second kappa shape index (κ2) is 16.6. The Bertz CT molecular complexity index is 1040. The van der Waals surface area contributed by atoms with Crippen molar-refractivity contribution in [3.63, 3.8) is 0 Å². The second-order valence-electron chi connectivity index (χ2n) is 9.46. The molecule has 0 radical (unpaired) electrons. The normalized spacial score (nSPS) is 15.0. The first kappa shape index (κ1) is 34.5. The summed E-state index contributed by atoms with van der Waals surface area (Å²) in [6.07, 6.45) is -1.21. The molecule has 14 heteroatoms. The Morgan fingerprint density at radius 3 is 2.08 bits per heavy atom. The highest BCUT2D eigenvalue weighted by Gasteiger charge is 2.31. The van der Waals surface area contributed by atoms with Crippen LogP contribution < -0.4 is 21.3 Å². The number of aliphatic hydroxyl groups is 1. The molecule has 1 rings (SSSR count). The van der Waals surface area contributed by atoms with Gasteiger partial charge < -0.3 is 36.6 Å². The second-order valence-corrected chi connectivity index (χ2v) is 10.7. The SMILES string of the molecule is CC(C)[C@H](NC(=S)[C@H](C)NC(=O)[C@@H](NC(=O)[C@H](CCC(=O)O)NCCc1ccc(Cl)c(Cl)c1)[C@@H](C)O)C(=O)O. The predicted molar refractivity (Wildman–Crippen MR) is 152 cm³/mol. The smallest absolute Gasteiger partial charge is 0.326 e. The van der Waals surface area contributed by atoms with Gasteiger partial charge in [0.1, 0.15) is 12.1 Å². The molecule has 0 bridgehead atoms. The molecule has 0 fully saturated rings. The maximum Gasteiger partial charge on any atom is 0.326 e. The Morgan fingerprint density at radius 1 is 0.923 bits per heavy atom. The predicted octanol–water partition coefficient (Wildman–Crippen LogP) is 1.76. The average molecular weight is 608 g/mol. The van der Waals surface area contributed by atoms with Crippen molar-refractivity contribution in [1.82, 2.24) is 21.3 Å². The molecule has 1 aromatic rings. The zero-order chi connectivity index (χ0) is 29.9. The topological polar surface area (TPSA) is 177 Å². The molecule has 218 valence electrons. The fourth-order valence-corrected chi connectivity index (χ4v) is 4.01. The number of aliphatic hydroxyl groups excluding tert-OH is 1. The lowest BCUT2D eigenvalue weighted by Crippen LogP contribution is -2.59. The molecule has 39 heavy (non-hydrogen) atoms. The average Bonchev–Trinajstić information content (AvgIpc) is 2.83. The van der Waals surface area contributed by atoms with Crippen LogP contribution in [0.3, 0.4) is 0 Å². The number of carbonyl (C=O) groups excluding carboxylic acids is 2. The van der Waals surface area contributed by atoms with Crippen LogP contribution in [0.2, 0.25) is 10.0 Å². The van der Waals surface area contributed by atoms with Crippen LogP contribution in [0.5, 0.6) is 0 Å². The highest BCUT2D eigenvalue weighted by atomic mass is 35.5. The molecule has 0 saturated heterocycles. The molecule has 0 heterocycles. The van der Waals surface area contributed by atoms with E-state index in [1.807, 2.05) is 0 Å². The standard InChI is InChI=1S/C25H36Cl2N4O7S/c1-12(2)20(25(37)38)31-24(39)13(3)29-23(36)21(14(4)32)30-22(35)18(7-8-19(33)34)28-10-9-15-5-6-16(26)17(27)11-15/h5-6,11-14,18,20-21,28,32H,7-10H2,1-4H3,(H,29,36)(H,30,35)(H,31,39)(H,33,34)(H,37,38)/t13-,14+,18-,20-,21-/m0/s1. The van der Waals surface area contributed by atoms with E-state index >= 15 is 0 Å². The van der Waals surface area contributed by atoms with E-state index in [0.717, 1.165) is 5.56 Å². The van der Waals surface area contributed by atoms with Gasteiger partial charge in [-0.25, -0.2) is 4.79 Å². The van der Waals surface area contributed by atoms with E-state index in [-0.39, 0.29) is 23.7 Å². The molecule has 0 aliphatic heterocycles. The van der Waals surface area contributed by atoms with E-state index in [4.69, 9.17) is 40.5 Å². The highest BCUT2D eigenvalue weighted by molar-refractivity contribution is 7.80. The summed E-state index contributed by atoms with van der Waals surface area (Å²) in [6.45, 7) is 6.55. The molecule has 0 aliphatic carbocycles. The van der Waals surface area contributed by atoms with Gasteiger partial charge in [0, 0.05) is 6.42 Å². The quantitative estimate of drug-likeness (QED) is 0.137. The molecule has 0 aromatic heterocycles. The van der Waals surface area contributed by atoms with Crippen LogP contribution in [0.15, 0.2) is 18.2 Å². The van der Waals surface area contributed by atoms with E-state index in [1.54, 1.807) is 32.0 Å². The van der Waals surface area contributed by atoms with Gasteiger partial charge >= 0.3 is 11.9 Å². The van der Waals surface area contributed by atoms with Gasteiger partial charge in [-0.1, -0.05) is 55.3 Å². The molecular formula is C25H36Cl2N4O7S. The fraction of sp³-hybridized carbons (Fsp3) is 0.560. The van der Waals surface area contributed by atoms with E-state index in [9.17, 15) is 29.4 Å². The first-order chi connectivity index (χ1) is 18.1. The molecule has 2 amide bonds. The van der Waals surface area contributed by atoms with Crippen LogP contribution in [0.1, 0.15) is 46.1 Å². The third kappa shape index (κ3) is 12.0. The van der Waals surface area contributed by atoms with Gasteiger partial charge in [-0.05, 0) is 56.8 Å². The number of rotatable bonds is 16. The number of benzene rings is 1. The molecule has 0 saturated carbocycles. The van der Waals surface area contributed by atoms with Gasteiger partial charge in [0.2, 0.25) is 11.8 Å². The minimum Gasteiger partial charge on any atom is -0.481 e. The molecule has 7 N–H and O–H groups in total. The fourth-order valence-electron chi connectivity index (χ4n) is 3.50. The van der Waals surface area contributed by atoms with Crippen molar-refractivity contribution in [3.05, 3.63) is 33.8 Å². The number of hydrogen-bond acceptors (Lipinski definition) is 7. The number of halogens is 2. The number of nitrogens with one attached hydrogen (secondary N) is 4. The molecule has 1 aromatic carbocycles. The summed E-state index contributed by atoms with van der Waals surface area (Å²) in [5, 5.41) is 40.2. The summed E-state index contributed by atoms with van der Waals surface area (Å²) in [6, 6.07) is 0.981. The van der Waals surface area contributed by atoms with Crippen molar-refractivity contribution < 1.29 is 34.5 Å². The Morgan fingerprint density at radius 2 is 1.56 bits per heavy atom. The maximum atomic E-state index is 13.0. The lowest BCUT2D eigenvalue weighted by molar-refractivity contribution is -0.140. The van der Waals surface area contributed by atoms with Crippen molar-refractivity contribution in [3.8, 4) is 0 Å². The lowest BCUT2D eigenvalue weighted by atomic mass is 10.0. The molecule has 0 aliphatic rings. The number of aliphatic carboxylic acids is 2. The van der Waals surface area contributed by atoms with Crippen molar-refractivity contribution in [2.45, 2.75) is 77.2 Å². The molecular weight excluding hydrogens is 571 g/mol. The Labute approximate surface area is 243 Å². The minimum atomic E-state index is -1.38. The van der Waals surface area contributed by atoms with Crippen LogP contribution in [-0.2, 0) is 25.6 Å². The summed E-state index contributed by atoms with van der Waals surface area (Å²) < 4.78 is 0. The number of amides is 2. The van der Waals surface area contributed by atoms with Crippen LogP contribution in [0.25, 0.3) is 0 Å².